The lowest BCUT2D eigenvalue weighted by Crippen LogP contribution is -2.11. The summed E-state index contributed by atoms with van der Waals surface area (Å²) in [5, 5.41) is 0. The van der Waals surface area contributed by atoms with Gasteiger partial charge in [-0.15, -0.1) is 0 Å². The van der Waals surface area contributed by atoms with Gasteiger partial charge in [-0.25, -0.2) is 4.98 Å². The average Bonchev–Trinajstić information content (AvgIpc) is 3.31. The van der Waals surface area contributed by atoms with Crippen molar-refractivity contribution in [3.8, 4) is 11.1 Å². The second-order valence-corrected chi connectivity index (χ2v) is 5.48. The smallest absolute Gasteiger partial charge is 0.165 e. The minimum atomic E-state index is 0.275. The number of anilines is 1. The average molecular weight is 266 g/mol. The first-order chi connectivity index (χ1) is 9.66. The zero-order chi connectivity index (χ0) is 14.1. The van der Waals surface area contributed by atoms with Crippen LogP contribution in [-0.2, 0) is 0 Å². The molecule has 1 heterocycles. The van der Waals surface area contributed by atoms with Gasteiger partial charge in [0.05, 0.1) is 0 Å². The van der Waals surface area contributed by atoms with Crippen LogP contribution in [0.2, 0.25) is 0 Å². The Morgan fingerprint density at radius 3 is 2.45 bits per heavy atom. The summed E-state index contributed by atoms with van der Waals surface area (Å²) < 4.78 is 0. The van der Waals surface area contributed by atoms with Crippen LogP contribution in [0.5, 0.6) is 0 Å². The van der Waals surface area contributed by atoms with Gasteiger partial charge < -0.3 is 4.90 Å². The van der Waals surface area contributed by atoms with E-state index in [0.29, 0.717) is 0 Å². The number of hydrogen-bond acceptors (Lipinski definition) is 3. The molecule has 20 heavy (non-hydrogen) atoms. The predicted octanol–water partition coefficient (Wildman–Crippen LogP) is 3.41. The van der Waals surface area contributed by atoms with E-state index in [1.807, 2.05) is 49.3 Å². The van der Waals surface area contributed by atoms with E-state index in [-0.39, 0.29) is 11.7 Å². The van der Waals surface area contributed by atoms with E-state index in [2.05, 4.69) is 11.1 Å². The molecule has 0 aliphatic heterocycles. The standard InChI is InChI=1S/C17H18N2O/c1-19(2)17-15(4-3-11-18-17)12-5-7-13(8-6-12)16(20)14-9-10-14/h3-8,11,14H,9-10H2,1-2H3. The van der Waals surface area contributed by atoms with Gasteiger partial charge in [-0.1, -0.05) is 24.3 Å². The molecule has 102 valence electrons. The van der Waals surface area contributed by atoms with Crippen molar-refractivity contribution in [2.45, 2.75) is 12.8 Å². The van der Waals surface area contributed by atoms with Crippen LogP contribution in [0.3, 0.4) is 0 Å². The molecule has 1 aliphatic carbocycles. The Kier molecular flexibility index (Phi) is 3.26. The summed E-state index contributed by atoms with van der Waals surface area (Å²) >= 11 is 0. The van der Waals surface area contributed by atoms with Gasteiger partial charge in [-0.2, -0.15) is 0 Å². The van der Waals surface area contributed by atoms with Gasteiger partial charge >= 0.3 is 0 Å². The number of carbonyl (C=O) groups excluding carboxylic acids is 1. The first-order valence-corrected chi connectivity index (χ1v) is 6.94. The van der Waals surface area contributed by atoms with Crippen molar-refractivity contribution in [2.24, 2.45) is 5.92 Å². The van der Waals surface area contributed by atoms with Crippen LogP contribution >= 0.6 is 0 Å². The number of pyridine rings is 1. The van der Waals surface area contributed by atoms with E-state index in [4.69, 9.17) is 0 Å². The summed E-state index contributed by atoms with van der Waals surface area (Å²) in [6.07, 6.45) is 3.89. The monoisotopic (exact) mass is 266 g/mol. The van der Waals surface area contributed by atoms with Crippen molar-refractivity contribution in [1.29, 1.82) is 0 Å². The SMILES string of the molecule is CN(C)c1ncccc1-c1ccc(C(=O)C2CC2)cc1. The molecule has 0 unspecified atom stereocenters. The summed E-state index contributed by atoms with van der Waals surface area (Å²) in [4.78, 5) is 18.4. The second-order valence-electron chi connectivity index (χ2n) is 5.48. The summed E-state index contributed by atoms with van der Waals surface area (Å²) in [6, 6.07) is 11.9. The molecular weight excluding hydrogens is 248 g/mol. The van der Waals surface area contributed by atoms with Crippen LogP contribution in [0.15, 0.2) is 42.6 Å². The summed E-state index contributed by atoms with van der Waals surface area (Å²) in [5.41, 5.74) is 3.00. The normalized spacial score (nSPS) is 14.1. The molecule has 0 N–H and O–H groups in total. The molecule has 0 radical (unpaired) electrons. The van der Waals surface area contributed by atoms with E-state index < -0.39 is 0 Å². The first-order valence-electron chi connectivity index (χ1n) is 6.94. The Balaban J connectivity index is 1.93. The number of rotatable bonds is 4. The number of aromatic nitrogens is 1. The molecule has 0 saturated heterocycles. The van der Waals surface area contributed by atoms with E-state index in [0.717, 1.165) is 35.3 Å². The lowest BCUT2D eigenvalue weighted by Gasteiger charge is -2.16. The second kappa shape index (κ2) is 5.08. The third-order valence-electron chi connectivity index (χ3n) is 3.64. The minimum absolute atomic E-state index is 0.275. The number of hydrogen-bond donors (Lipinski definition) is 0. The lowest BCUT2D eigenvalue weighted by molar-refractivity contribution is 0.0967. The third kappa shape index (κ3) is 2.44. The Hall–Kier alpha value is -2.16. The summed E-state index contributed by atoms with van der Waals surface area (Å²) in [6.45, 7) is 0. The quantitative estimate of drug-likeness (QED) is 0.795. The van der Waals surface area contributed by atoms with Crippen LogP contribution in [0.25, 0.3) is 11.1 Å². The molecule has 1 aromatic carbocycles. The Labute approximate surface area is 119 Å². The largest absolute Gasteiger partial charge is 0.362 e. The molecular formula is C17H18N2O. The highest BCUT2D eigenvalue weighted by atomic mass is 16.1. The molecule has 0 bridgehead atoms. The van der Waals surface area contributed by atoms with Gasteiger partial charge in [0.2, 0.25) is 0 Å². The van der Waals surface area contributed by atoms with Gasteiger partial charge in [-0.05, 0) is 30.5 Å². The lowest BCUT2D eigenvalue weighted by atomic mass is 10.0. The fraction of sp³-hybridized carbons (Fsp3) is 0.294. The summed E-state index contributed by atoms with van der Waals surface area (Å²) in [7, 11) is 3.97. The van der Waals surface area contributed by atoms with Crippen molar-refractivity contribution in [2.75, 3.05) is 19.0 Å². The number of benzene rings is 1. The maximum Gasteiger partial charge on any atom is 0.165 e. The van der Waals surface area contributed by atoms with Gasteiger partial charge in [0.15, 0.2) is 5.78 Å². The fourth-order valence-electron chi connectivity index (χ4n) is 2.37. The van der Waals surface area contributed by atoms with Crippen LogP contribution in [-0.4, -0.2) is 24.9 Å². The van der Waals surface area contributed by atoms with Crippen LogP contribution in [0.1, 0.15) is 23.2 Å². The zero-order valence-electron chi connectivity index (χ0n) is 11.8. The highest BCUT2D eigenvalue weighted by Gasteiger charge is 2.30. The molecule has 0 spiro atoms. The molecule has 3 heteroatoms. The van der Waals surface area contributed by atoms with Gasteiger partial charge in [0.25, 0.3) is 0 Å². The van der Waals surface area contributed by atoms with Crippen molar-refractivity contribution >= 4 is 11.6 Å². The molecule has 3 nitrogen and oxygen atoms in total. The topological polar surface area (TPSA) is 33.2 Å². The highest BCUT2D eigenvalue weighted by molar-refractivity contribution is 5.99. The van der Waals surface area contributed by atoms with Crippen LogP contribution in [0.4, 0.5) is 5.82 Å². The Morgan fingerprint density at radius 2 is 1.85 bits per heavy atom. The van der Waals surface area contributed by atoms with E-state index in [1.165, 1.54) is 0 Å². The molecule has 0 atom stereocenters. The fourth-order valence-corrected chi connectivity index (χ4v) is 2.37. The zero-order valence-corrected chi connectivity index (χ0v) is 11.8. The van der Waals surface area contributed by atoms with E-state index >= 15 is 0 Å². The Bertz CT molecular complexity index is 628. The van der Waals surface area contributed by atoms with E-state index in [1.54, 1.807) is 6.20 Å². The highest BCUT2D eigenvalue weighted by Crippen LogP contribution is 2.33. The third-order valence-corrected chi connectivity index (χ3v) is 3.64. The Morgan fingerprint density at radius 1 is 1.15 bits per heavy atom. The molecule has 3 rings (SSSR count). The molecule has 0 amide bonds. The van der Waals surface area contributed by atoms with E-state index in [9.17, 15) is 4.79 Å². The predicted molar refractivity (Wildman–Crippen MR) is 81.1 cm³/mol. The first kappa shape index (κ1) is 12.9. The molecule has 1 aromatic heterocycles. The minimum Gasteiger partial charge on any atom is -0.362 e. The summed E-state index contributed by atoms with van der Waals surface area (Å²) in [5.74, 6) is 1.50. The molecule has 1 aliphatic rings. The molecule has 2 aromatic rings. The number of Topliss-reactive ketones (excluding diaryl/α,β-unsaturated/α-hetero) is 1. The maximum absolute atomic E-state index is 12.0. The van der Waals surface area contributed by atoms with Crippen LogP contribution < -0.4 is 4.90 Å². The number of ketones is 1. The molecule has 1 fully saturated rings. The number of nitrogens with zero attached hydrogens (tertiary/aromatic N) is 2. The van der Waals surface area contributed by atoms with Gasteiger partial charge in [0.1, 0.15) is 5.82 Å². The van der Waals surface area contributed by atoms with Gasteiger partial charge in [0, 0.05) is 37.3 Å². The number of carbonyl (C=O) groups is 1. The van der Waals surface area contributed by atoms with Crippen molar-refractivity contribution in [3.63, 3.8) is 0 Å². The van der Waals surface area contributed by atoms with Crippen LogP contribution in [0, 0.1) is 5.92 Å². The molecule has 1 saturated carbocycles. The van der Waals surface area contributed by atoms with Crippen molar-refractivity contribution in [1.82, 2.24) is 4.98 Å². The maximum atomic E-state index is 12.0. The van der Waals surface area contributed by atoms with Crippen molar-refractivity contribution < 1.29 is 4.79 Å². The van der Waals surface area contributed by atoms with Crippen molar-refractivity contribution in [3.05, 3.63) is 48.2 Å². The van der Waals surface area contributed by atoms with Gasteiger partial charge in [-0.3, -0.25) is 4.79 Å².